The van der Waals surface area contributed by atoms with Gasteiger partial charge < -0.3 is 9.64 Å². The second kappa shape index (κ2) is 7.99. The van der Waals surface area contributed by atoms with Crippen molar-refractivity contribution < 1.29 is 17.9 Å². The molecule has 0 unspecified atom stereocenters. The van der Waals surface area contributed by atoms with Gasteiger partial charge in [0.15, 0.2) is 0 Å². The summed E-state index contributed by atoms with van der Waals surface area (Å²) in [5.74, 6) is 0.619. The molecule has 0 bridgehead atoms. The molecule has 0 saturated heterocycles. The molecule has 0 saturated carbocycles. The van der Waals surface area contributed by atoms with Gasteiger partial charge in [-0.3, -0.25) is 4.79 Å². The number of sulfonamides is 1. The third-order valence-electron chi connectivity index (χ3n) is 3.08. The maximum absolute atomic E-state index is 11.7. The van der Waals surface area contributed by atoms with Crippen LogP contribution in [0, 0.1) is 0 Å². The number of methoxy groups -OCH3 is 1. The summed E-state index contributed by atoms with van der Waals surface area (Å²) in [6.45, 7) is 3.92. The van der Waals surface area contributed by atoms with Crippen LogP contribution in [-0.4, -0.2) is 45.2 Å². The molecular formula is C14H22N2O4S. The highest BCUT2D eigenvalue weighted by Gasteiger charge is 2.13. The molecule has 1 aromatic rings. The van der Waals surface area contributed by atoms with Gasteiger partial charge in [-0.25, -0.2) is 13.1 Å². The molecule has 0 atom stereocenters. The zero-order valence-electron chi connectivity index (χ0n) is 12.6. The number of hydrogen-bond donors (Lipinski definition) is 1. The van der Waals surface area contributed by atoms with E-state index in [2.05, 4.69) is 4.72 Å². The highest BCUT2D eigenvalue weighted by molar-refractivity contribution is 7.89. The van der Waals surface area contributed by atoms with E-state index in [1.54, 1.807) is 18.9 Å². The fourth-order valence-corrected chi connectivity index (χ4v) is 2.43. The van der Waals surface area contributed by atoms with Gasteiger partial charge in [0.25, 0.3) is 0 Å². The first-order valence-corrected chi connectivity index (χ1v) is 8.39. The summed E-state index contributed by atoms with van der Waals surface area (Å²) in [6.07, 6.45) is 0. The standard InChI is InChI=1S/C14H22N2O4S/c1-4-21(18,19)15-9-10-16(12(2)17)11-13-7-5-6-8-14(13)20-3/h5-8,15H,4,9-11H2,1-3H3. The normalized spacial score (nSPS) is 11.2. The number of nitrogens with zero attached hydrogens (tertiary/aromatic N) is 1. The first-order valence-electron chi connectivity index (χ1n) is 6.74. The number of hydrogen-bond acceptors (Lipinski definition) is 4. The summed E-state index contributed by atoms with van der Waals surface area (Å²) in [5.41, 5.74) is 0.883. The molecule has 0 heterocycles. The van der Waals surface area contributed by atoms with Gasteiger partial charge in [0.2, 0.25) is 15.9 Å². The number of para-hydroxylation sites is 1. The van der Waals surface area contributed by atoms with Gasteiger partial charge in [-0.2, -0.15) is 0 Å². The fourth-order valence-electron chi connectivity index (χ4n) is 1.83. The summed E-state index contributed by atoms with van der Waals surface area (Å²) in [6, 6.07) is 7.43. The number of carbonyl (C=O) groups excluding carboxylic acids is 1. The number of nitrogens with one attached hydrogen (secondary N) is 1. The Kier molecular flexibility index (Phi) is 6.64. The van der Waals surface area contributed by atoms with E-state index in [0.717, 1.165) is 5.56 Å². The van der Waals surface area contributed by atoms with Crippen LogP contribution < -0.4 is 9.46 Å². The maximum atomic E-state index is 11.7. The summed E-state index contributed by atoms with van der Waals surface area (Å²) >= 11 is 0. The van der Waals surface area contributed by atoms with Crippen LogP contribution in [0.1, 0.15) is 19.4 Å². The first-order chi connectivity index (χ1) is 9.89. The number of carbonyl (C=O) groups is 1. The monoisotopic (exact) mass is 314 g/mol. The lowest BCUT2D eigenvalue weighted by atomic mass is 10.2. The van der Waals surface area contributed by atoms with Crippen LogP contribution in [0.5, 0.6) is 5.75 Å². The minimum absolute atomic E-state index is 0.0274. The average molecular weight is 314 g/mol. The topological polar surface area (TPSA) is 75.7 Å². The Hall–Kier alpha value is -1.60. The van der Waals surface area contributed by atoms with Crippen LogP contribution in [0.4, 0.5) is 0 Å². The minimum Gasteiger partial charge on any atom is -0.496 e. The van der Waals surface area contributed by atoms with E-state index in [-0.39, 0.29) is 18.2 Å². The van der Waals surface area contributed by atoms with Crippen LogP contribution in [0.3, 0.4) is 0 Å². The van der Waals surface area contributed by atoms with Crippen molar-refractivity contribution in [3.05, 3.63) is 29.8 Å². The zero-order valence-corrected chi connectivity index (χ0v) is 13.4. The predicted molar refractivity (Wildman–Crippen MR) is 81.5 cm³/mol. The van der Waals surface area contributed by atoms with Crippen LogP contribution in [0.15, 0.2) is 24.3 Å². The van der Waals surface area contributed by atoms with E-state index in [9.17, 15) is 13.2 Å². The van der Waals surface area contributed by atoms with E-state index < -0.39 is 10.0 Å². The Morgan fingerprint density at radius 1 is 1.33 bits per heavy atom. The molecule has 21 heavy (non-hydrogen) atoms. The highest BCUT2D eigenvalue weighted by Crippen LogP contribution is 2.19. The molecule has 1 aromatic carbocycles. The smallest absolute Gasteiger partial charge is 0.219 e. The summed E-state index contributed by atoms with van der Waals surface area (Å²) in [4.78, 5) is 13.3. The molecule has 1 N–H and O–H groups in total. The Balaban J connectivity index is 2.68. The van der Waals surface area contributed by atoms with Crippen molar-refractivity contribution in [2.45, 2.75) is 20.4 Å². The van der Waals surface area contributed by atoms with Crippen molar-refractivity contribution in [2.75, 3.05) is 26.0 Å². The SMILES string of the molecule is CCS(=O)(=O)NCCN(Cc1ccccc1OC)C(C)=O. The Morgan fingerprint density at radius 3 is 2.57 bits per heavy atom. The lowest BCUT2D eigenvalue weighted by Crippen LogP contribution is -2.37. The third kappa shape index (κ3) is 5.73. The van der Waals surface area contributed by atoms with E-state index in [1.165, 1.54) is 6.92 Å². The number of ether oxygens (including phenoxy) is 1. The summed E-state index contributed by atoms with van der Waals surface area (Å²) < 4.78 is 30.5. The molecule has 0 fully saturated rings. The maximum Gasteiger partial charge on any atom is 0.219 e. The van der Waals surface area contributed by atoms with Crippen molar-refractivity contribution >= 4 is 15.9 Å². The van der Waals surface area contributed by atoms with E-state index in [4.69, 9.17) is 4.74 Å². The highest BCUT2D eigenvalue weighted by atomic mass is 32.2. The average Bonchev–Trinajstić information content (AvgIpc) is 2.46. The fraction of sp³-hybridized carbons (Fsp3) is 0.500. The number of rotatable bonds is 8. The summed E-state index contributed by atoms with van der Waals surface area (Å²) in [5, 5.41) is 0. The Labute approximate surface area is 126 Å². The molecule has 0 aliphatic heterocycles. The van der Waals surface area contributed by atoms with Gasteiger partial charge in [-0.1, -0.05) is 18.2 Å². The Morgan fingerprint density at radius 2 is 2.00 bits per heavy atom. The van der Waals surface area contributed by atoms with Crippen LogP contribution >= 0.6 is 0 Å². The van der Waals surface area contributed by atoms with Crippen LogP contribution in [-0.2, 0) is 21.4 Å². The van der Waals surface area contributed by atoms with Gasteiger partial charge in [0, 0.05) is 32.1 Å². The molecular weight excluding hydrogens is 292 g/mol. The van der Waals surface area contributed by atoms with Crippen LogP contribution in [0.25, 0.3) is 0 Å². The molecule has 1 amide bonds. The van der Waals surface area contributed by atoms with Crippen molar-refractivity contribution in [3.63, 3.8) is 0 Å². The molecule has 0 aromatic heterocycles. The van der Waals surface area contributed by atoms with E-state index in [1.807, 2.05) is 24.3 Å². The number of benzene rings is 1. The minimum atomic E-state index is -3.24. The second-order valence-corrected chi connectivity index (χ2v) is 6.65. The quantitative estimate of drug-likeness (QED) is 0.776. The molecule has 1 rings (SSSR count). The second-order valence-electron chi connectivity index (χ2n) is 4.55. The lowest BCUT2D eigenvalue weighted by Gasteiger charge is -2.22. The van der Waals surface area contributed by atoms with E-state index >= 15 is 0 Å². The molecule has 0 aliphatic carbocycles. The third-order valence-corrected chi connectivity index (χ3v) is 4.49. The van der Waals surface area contributed by atoms with Crippen molar-refractivity contribution in [2.24, 2.45) is 0 Å². The van der Waals surface area contributed by atoms with Gasteiger partial charge in [0.1, 0.15) is 5.75 Å². The molecule has 0 spiro atoms. The van der Waals surface area contributed by atoms with E-state index in [0.29, 0.717) is 18.8 Å². The number of amides is 1. The molecule has 6 nitrogen and oxygen atoms in total. The lowest BCUT2D eigenvalue weighted by molar-refractivity contribution is -0.129. The van der Waals surface area contributed by atoms with Gasteiger partial charge in [0.05, 0.1) is 12.9 Å². The van der Waals surface area contributed by atoms with Crippen LogP contribution in [0.2, 0.25) is 0 Å². The van der Waals surface area contributed by atoms with Gasteiger partial charge in [-0.05, 0) is 13.0 Å². The molecule has 7 heteroatoms. The molecule has 0 aliphatic rings. The van der Waals surface area contributed by atoms with Crippen molar-refractivity contribution in [1.29, 1.82) is 0 Å². The van der Waals surface area contributed by atoms with Gasteiger partial charge in [-0.15, -0.1) is 0 Å². The Bertz CT molecular complexity index is 572. The van der Waals surface area contributed by atoms with Crippen molar-refractivity contribution in [3.8, 4) is 5.75 Å². The molecule has 118 valence electrons. The van der Waals surface area contributed by atoms with Gasteiger partial charge >= 0.3 is 0 Å². The first kappa shape index (κ1) is 17.5. The summed E-state index contributed by atoms with van der Waals surface area (Å²) in [7, 11) is -1.66. The zero-order chi connectivity index (χ0) is 15.9. The molecule has 0 radical (unpaired) electrons. The van der Waals surface area contributed by atoms with Crippen molar-refractivity contribution in [1.82, 2.24) is 9.62 Å². The largest absolute Gasteiger partial charge is 0.496 e. The predicted octanol–water partition coefficient (Wildman–Crippen LogP) is 0.983.